The zero-order valence-electron chi connectivity index (χ0n) is 16.8. The number of esters is 1. The zero-order valence-corrected chi connectivity index (χ0v) is 16.8. The minimum absolute atomic E-state index is 0.0602. The van der Waals surface area contributed by atoms with Crippen LogP contribution in [0, 0.1) is 0 Å². The van der Waals surface area contributed by atoms with E-state index in [4.69, 9.17) is 4.74 Å². The number of halogens is 3. The Morgan fingerprint density at radius 3 is 2.28 bits per heavy atom. The van der Waals surface area contributed by atoms with Crippen molar-refractivity contribution in [3.63, 3.8) is 0 Å². The third-order valence-corrected chi connectivity index (χ3v) is 4.68. The molecule has 5 nitrogen and oxygen atoms in total. The first-order chi connectivity index (χ1) is 13.2. The van der Waals surface area contributed by atoms with Gasteiger partial charge in [-0.05, 0) is 51.5 Å². The molecule has 8 heteroatoms. The summed E-state index contributed by atoms with van der Waals surface area (Å²) in [5.41, 5.74) is -2.07. The molecule has 1 fully saturated rings. The molecule has 1 aromatic carbocycles. The standard InChI is InChI=1S/C21H24F3NO4/c1-19(2)11-16(26)12-20(3,4)25(19)17(27)13-29-18(28)9-8-14-6-5-7-15(10-14)21(22,23)24/h5-10H,11-13H2,1-4H3/b9-8+. The Hall–Kier alpha value is -2.64. The van der Waals surface area contributed by atoms with Gasteiger partial charge in [0.25, 0.3) is 5.91 Å². The number of ketones is 1. The highest BCUT2D eigenvalue weighted by molar-refractivity contribution is 5.91. The van der Waals surface area contributed by atoms with Crippen molar-refractivity contribution in [2.45, 2.75) is 57.8 Å². The molecule has 0 aromatic heterocycles. The molecule has 0 atom stereocenters. The number of carbonyl (C=O) groups excluding carboxylic acids is 3. The molecule has 1 amide bonds. The van der Waals surface area contributed by atoms with E-state index in [1.807, 2.05) is 0 Å². The van der Waals surface area contributed by atoms with Crippen molar-refractivity contribution < 1.29 is 32.3 Å². The topological polar surface area (TPSA) is 63.7 Å². The number of nitrogens with zero attached hydrogens (tertiary/aromatic N) is 1. The number of carbonyl (C=O) groups is 3. The van der Waals surface area contributed by atoms with Crippen LogP contribution in [0.3, 0.4) is 0 Å². The molecule has 1 aromatic rings. The van der Waals surface area contributed by atoms with E-state index in [-0.39, 0.29) is 24.2 Å². The lowest BCUT2D eigenvalue weighted by Gasteiger charge is -2.51. The van der Waals surface area contributed by atoms with Crippen LogP contribution in [-0.2, 0) is 25.3 Å². The van der Waals surface area contributed by atoms with Crippen LogP contribution in [-0.4, -0.2) is 40.2 Å². The highest BCUT2D eigenvalue weighted by atomic mass is 19.4. The maximum Gasteiger partial charge on any atom is 0.416 e. The number of ether oxygens (including phenoxy) is 1. The lowest BCUT2D eigenvalue weighted by molar-refractivity contribution is -0.162. The highest BCUT2D eigenvalue weighted by Gasteiger charge is 2.47. The summed E-state index contributed by atoms with van der Waals surface area (Å²) in [6.45, 7) is 6.59. The summed E-state index contributed by atoms with van der Waals surface area (Å²) in [5, 5.41) is 0. The predicted octanol–water partition coefficient (Wildman–Crippen LogP) is 4.01. The first kappa shape index (κ1) is 22.6. The summed E-state index contributed by atoms with van der Waals surface area (Å²) >= 11 is 0. The smallest absolute Gasteiger partial charge is 0.416 e. The fourth-order valence-electron chi connectivity index (χ4n) is 3.91. The van der Waals surface area contributed by atoms with Crippen molar-refractivity contribution in [3.05, 3.63) is 41.5 Å². The second kappa shape index (κ2) is 8.00. The number of amides is 1. The van der Waals surface area contributed by atoms with E-state index < -0.39 is 41.3 Å². The fraction of sp³-hybridized carbons (Fsp3) is 0.476. The summed E-state index contributed by atoms with van der Waals surface area (Å²) in [7, 11) is 0. The second-order valence-electron chi connectivity index (χ2n) is 8.31. The first-order valence-corrected chi connectivity index (χ1v) is 9.09. The van der Waals surface area contributed by atoms with Crippen molar-refractivity contribution in [2.24, 2.45) is 0 Å². The van der Waals surface area contributed by atoms with Crippen LogP contribution < -0.4 is 0 Å². The molecule has 0 N–H and O–H groups in total. The van der Waals surface area contributed by atoms with Gasteiger partial charge in [0.2, 0.25) is 0 Å². The van der Waals surface area contributed by atoms with Gasteiger partial charge in [0, 0.05) is 30.0 Å². The van der Waals surface area contributed by atoms with Crippen molar-refractivity contribution >= 4 is 23.7 Å². The summed E-state index contributed by atoms with van der Waals surface area (Å²) in [6, 6.07) is 4.49. The normalized spacial score (nSPS) is 18.7. The molecule has 1 saturated heterocycles. The molecule has 0 spiro atoms. The van der Waals surface area contributed by atoms with Crippen LogP contribution in [0.5, 0.6) is 0 Å². The lowest BCUT2D eigenvalue weighted by atomic mass is 9.79. The van der Waals surface area contributed by atoms with Crippen molar-refractivity contribution in [1.82, 2.24) is 4.90 Å². The van der Waals surface area contributed by atoms with Gasteiger partial charge >= 0.3 is 12.1 Å². The van der Waals surface area contributed by atoms with E-state index in [2.05, 4.69) is 0 Å². The van der Waals surface area contributed by atoms with Gasteiger partial charge in [0.05, 0.1) is 5.56 Å². The Labute approximate surface area is 167 Å². The minimum atomic E-state index is -4.48. The molecule has 158 valence electrons. The number of Topliss-reactive ketones (excluding diaryl/α,β-unsaturated/α-hetero) is 1. The highest BCUT2D eigenvalue weighted by Crippen LogP contribution is 2.36. The van der Waals surface area contributed by atoms with Gasteiger partial charge in [-0.3, -0.25) is 9.59 Å². The summed E-state index contributed by atoms with van der Waals surface area (Å²) in [4.78, 5) is 38.1. The molecule has 0 saturated carbocycles. The number of hydrogen-bond acceptors (Lipinski definition) is 4. The van der Waals surface area contributed by atoms with E-state index in [1.54, 1.807) is 32.6 Å². The van der Waals surface area contributed by atoms with Gasteiger partial charge in [-0.15, -0.1) is 0 Å². The summed E-state index contributed by atoms with van der Waals surface area (Å²) in [5.74, 6) is -1.22. The van der Waals surface area contributed by atoms with E-state index in [0.29, 0.717) is 0 Å². The molecule has 0 bridgehead atoms. The zero-order chi connectivity index (χ0) is 22.0. The minimum Gasteiger partial charge on any atom is -0.452 e. The van der Waals surface area contributed by atoms with Crippen molar-refractivity contribution in [1.29, 1.82) is 0 Å². The maximum atomic E-state index is 12.7. The molecule has 1 aliphatic rings. The van der Waals surface area contributed by atoms with Gasteiger partial charge in [-0.25, -0.2) is 4.79 Å². The predicted molar refractivity (Wildman–Crippen MR) is 101 cm³/mol. The second-order valence-corrected chi connectivity index (χ2v) is 8.31. The van der Waals surface area contributed by atoms with Crippen molar-refractivity contribution in [2.75, 3.05) is 6.61 Å². The number of rotatable bonds is 4. The van der Waals surface area contributed by atoms with E-state index >= 15 is 0 Å². The van der Waals surface area contributed by atoms with Gasteiger partial charge in [-0.1, -0.05) is 12.1 Å². The fourth-order valence-corrected chi connectivity index (χ4v) is 3.91. The monoisotopic (exact) mass is 411 g/mol. The number of alkyl halides is 3. The molecular formula is C21H24F3NO4. The molecule has 0 radical (unpaired) electrons. The number of piperidine rings is 1. The van der Waals surface area contributed by atoms with Crippen LogP contribution in [0.4, 0.5) is 13.2 Å². The number of hydrogen-bond donors (Lipinski definition) is 0. The van der Waals surface area contributed by atoms with Crippen LogP contribution >= 0.6 is 0 Å². The Bertz CT molecular complexity index is 821. The van der Waals surface area contributed by atoms with Crippen LogP contribution in [0.1, 0.15) is 51.7 Å². The van der Waals surface area contributed by atoms with Crippen LogP contribution in [0.2, 0.25) is 0 Å². The number of likely N-dealkylation sites (tertiary alicyclic amines) is 1. The van der Waals surface area contributed by atoms with Gasteiger partial charge < -0.3 is 9.64 Å². The summed E-state index contributed by atoms with van der Waals surface area (Å²) < 4.78 is 43.1. The van der Waals surface area contributed by atoms with Gasteiger partial charge in [-0.2, -0.15) is 13.2 Å². The lowest BCUT2D eigenvalue weighted by Crippen LogP contribution is -2.63. The Morgan fingerprint density at radius 1 is 1.14 bits per heavy atom. The molecule has 0 unspecified atom stereocenters. The molecule has 1 aliphatic heterocycles. The van der Waals surface area contributed by atoms with Gasteiger partial charge in [0.1, 0.15) is 5.78 Å². The molecular weight excluding hydrogens is 387 g/mol. The Kier molecular flexibility index (Phi) is 6.25. The van der Waals surface area contributed by atoms with Crippen molar-refractivity contribution in [3.8, 4) is 0 Å². The van der Waals surface area contributed by atoms with Crippen LogP contribution in [0.25, 0.3) is 6.08 Å². The Balaban J connectivity index is 2.01. The SMILES string of the molecule is CC1(C)CC(=O)CC(C)(C)N1C(=O)COC(=O)/C=C/c1cccc(C(F)(F)F)c1. The Morgan fingerprint density at radius 2 is 1.72 bits per heavy atom. The third kappa shape index (κ3) is 5.68. The van der Waals surface area contributed by atoms with E-state index in [1.165, 1.54) is 18.2 Å². The molecule has 1 heterocycles. The molecule has 2 rings (SSSR count). The van der Waals surface area contributed by atoms with E-state index in [0.717, 1.165) is 18.2 Å². The summed E-state index contributed by atoms with van der Waals surface area (Å²) in [6.07, 6.45) is -1.89. The first-order valence-electron chi connectivity index (χ1n) is 9.09. The average molecular weight is 411 g/mol. The van der Waals surface area contributed by atoms with Crippen LogP contribution in [0.15, 0.2) is 30.3 Å². The number of benzene rings is 1. The third-order valence-electron chi connectivity index (χ3n) is 4.68. The molecule has 29 heavy (non-hydrogen) atoms. The maximum absolute atomic E-state index is 12.7. The van der Waals surface area contributed by atoms with Gasteiger partial charge in [0.15, 0.2) is 6.61 Å². The quantitative estimate of drug-likeness (QED) is 0.555. The largest absolute Gasteiger partial charge is 0.452 e. The molecule has 0 aliphatic carbocycles. The van der Waals surface area contributed by atoms with E-state index in [9.17, 15) is 27.6 Å². The average Bonchev–Trinajstić information content (AvgIpc) is 2.55.